The van der Waals surface area contributed by atoms with Gasteiger partial charge >= 0.3 is 0 Å². The van der Waals surface area contributed by atoms with Crippen LogP contribution in [0.25, 0.3) is 0 Å². The van der Waals surface area contributed by atoms with E-state index in [-0.39, 0.29) is 0 Å². The molecule has 0 radical (unpaired) electrons. The van der Waals surface area contributed by atoms with Crippen LogP contribution in [0.4, 0.5) is 0 Å². The van der Waals surface area contributed by atoms with Crippen molar-refractivity contribution in [2.24, 2.45) is 40.4 Å². The highest BCUT2D eigenvalue weighted by molar-refractivity contribution is 5.77. The Hall–Kier alpha value is -1.38. The van der Waals surface area contributed by atoms with Crippen molar-refractivity contribution < 1.29 is 4.79 Å². The van der Waals surface area contributed by atoms with Gasteiger partial charge in [-0.3, -0.25) is 9.78 Å². The van der Waals surface area contributed by atoms with Crippen LogP contribution in [-0.4, -0.2) is 16.9 Å². The lowest BCUT2D eigenvalue weighted by Gasteiger charge is -2.60. The lowest BCUT2D eigenvalue weighted by atomic mass is 9.46. The van der Waals surface area contributed by atoms with Crippen LogP contribution >= 0.6 is 0 Å². The van der Waals surface area contributed by atoms with Gasteiger partial charge in [0.15, 0.2) is 0 Å². The number of rotatable bonds is 4. The molecule has 1 N–H and O–H groups in total. The maximum atomic E-state index is 12.0. The predicted molar refractivity (Wildman–Crippen MR) is 121 cm³/mol. The Kier molecular flexibility index (Phi) is 5.22. The second-order valence-electron chi connectivity index (χ2n) is 11.5. The minimum absolute atomic E-state index is 0.290. The molecule has 4 fully saturated rings. The summed E-state index contributed by atoms with van der Waals surface area (Å²) in [6.07, 6.45) is 16.4. The van der Waals surface area contributed by atoms with Crippen LogP contribution in [0.5, 0.6) is 0 Å². The average Bonchev–Trinajstić information content (AvgIpc) is 3.10. The number of hydrogen-bond donors (Lipinski definition) is 1. The number of nitrogens with zero attached hydrogens (tertiary/aromatic N) is 1. The van der Waals surface area contributed by atoms with Gasteiger partial charge in [0.1, 0.15) is 0 Å². The Balaban J connectivity index is 1.37. The Morgan fingerprint density at radius 2 is 1.93 bits per heavy atom. The number of piperidine rings is 1. The molecule has 164 valence electrons. The van der Waals surface area contributed by atoms with Crippen molar-refractivity contribution in [3.8, 4) is 0 Å². The fourth-order valence-electron chi connectivity index (χ4n) is 8.91. The maximum absolute atomic E-state index is 12.0. The number of carbonyl (C=O) groups is 1. The highest BCUT2D eigenvalue weighted by Crippen LogP contribution is 2.66. The van der Waals surface area contributed by atoms with Crippen LogP contribution in [0.15, 0.2) is 24.5 Å². The number of amides is 1. The first kappa shape index (κ1) is 20.5. The molecule has 3 nitrogen and oxygen atoms in total. The second-order valence-corrected chi connectivity index (χ2v) is 11.5. The molecule has 1 aliphatic heterocycles. The zero-order chi connectivity index (χ0) is 20.9. The first-order valence-electron chi connectivity index (χ1n) is 12.6. The fourth-order valence-corrected chi connectivity index (χ4v) is 8.91. The molecule has 0 bridgehead atoms. The summed E-state index contributed by atoms with van der Waals surface area (Å²) in [4.78, 5) is 16.4. The van der Waals surface area contributed by atoms with Crippen molar-refractivity contribution in [3.05, 3.63) is 30.1 Å². The summed E-state index contributed by atoms with van der Waals surface area (Å²) in [6.45, 7) is 7.58. The van der Waals surface area contributed by atoms with Crippen molar-refractivity contribution in [1.29, 1.82) is 0 Å². The van der Waals surface area contributed by atoms with E-state index in [9.17, 15) is 4.79 Å². The molecule has 1 aromatic heterocycles. The summed E-state index contributed by atoms with van der Waals surface area (Å²) >= 11 is 0. The average molecular weight is 409 g/mol. The Bertz CT molecular complexity index is 778. The third kappa shape index (κ3) is 3.14. The molecular weight excluding hydrogens is 368 g/mol. The van der Waals surface area contributed by atoms with E-state index in [1.807, 2.05) is 6.20 Å². The molecule has 3 saturated carbocycles. The van der Waals surface area contributed by atoms with Gasteiger partial charge in [0, 0.05) is 24.9 Å². The van der Waals surface area contributed by atoms with Gasteiger partial charge in [-0.1, -0.05) is 33.3 Å². The molecule has 0 spiro atoms. The maximum Gasteiger partial charge on any atom is 0.220 e. The summed E-state index contributed by atoms with van der Waals surface area (Å²) in [7, 11) is 0. The molecule has 8 atom stereocenters. The molecule has 2 heterocycles. The summed E-state index contributed by atoms with van der Waals surface area (Å²) < 4.78 is 0. The smallest absolute Gasteiger partial charge is 0.220 e. The van der Waals surface area contributed by atoms with Crippen LogP contribution in [0.1, 0.15) is 84.1 Å². The molecule has 2 unspecified atom stereocenters. The lowest BCUT2D eigenvalue weighted by molar-refractivity contribution is -0.137. The normalized spacial score (nSPS) is 43.8. The Labute approximate surface area is 182 Å². The van der Waals surface area contributed by atoms with Gasteiger partial charge in [0.05, 0.1) is 0 Å². The second kappa shape index (κ2) is 7.64. The zero-order valence-electron chi connectivity index (χ0n) is 19.2. The molecule has 1 amide bonds. The third-order valence-corrected chi connectivity index (χ3v) is 10.5. The van der Waals surface area contributed by atoms with Crippen LogP contribution in [-0.2, 0) is 11.2 Å². The molecule has 3 heteroatoms. The highest BCUT2D eigenvalue weighted by Gasteiger charge is 2.60. The number of fused-ring (bicyclic) bond motifs is 5. The predicted octanol–water partition coefficient (Wildman–Crippen LogP) is 5.79. The first-order chi connectivity index (χ1) is 14.5. The fraction of sp³-hybridized carbons (Fsp3) is 0.778. The van der Waals surface area contributed by atoms with Gasteiger partial charge in [0.25, 0.3) is 0 Å². The molecule has 30 heavy (non-hydrogen) atoms. The van der Waals surface area contributed by atoms with Gasteiger partial charge in [-0.15, -0.1) is 0 Å². The molecule has 3 aliphatic carbocycles. The standard InChI is InChI=1S/C27H40N2O/c1-4-19(16-18-6-5-15-28-17-18)21-8-9-22-20-7-10-24-27(3,14-12-25(30)29-24)23(20)11-13-26(21,22)2/h5-6,15,17,19-24H,4,7-14,16H2,1-3H3,(H,29,30)/t19?,20-,21+,22-,23-,24?,26+,27+/m0/s1. The lowest BCUT2D eigenvalue weighted by Crippen LogP contribution is -2.61. The number of aromatic nitrogens is 1. The van der Waals surface area contributed by atoms with Crippen molar-refractivity contribution in [2.75, 3.05) is 0 Å². The number of hydrogen-bond acceptors (Lipinski definition) is 2. The van der Waals surface area contributed by atoms with Crippen LogP contribution < -0.4 is 5.32 Å². The van der Waals surface area contributed by atoms with Crippen LogP contribution in [0, 0.1) is 40.4 Å². The van der Waals surface area contributed by atoms with Gasteiger partial charge < -0.3 is 5.32 Å². The minimum Gasteiger partial charge on any atom is -0.353 e. The van der Waals surface area contributed by atoms with Gasteiger partial charge in [-0.25, -0.2) is 0 Å². The summed E-state index contributed by atoms with van der Waals surface area (Å²) in [5.41, 5.74) is 2.25. The van der Waals surface area contributed by atoms with Gasteiger partial charge in [0.2, 0.25) is 5.91 Å². The topological polar surface area (TPSA) is 42.0 Å². The van der Waals surface area contributed by atoms with Crippen molar-refractivity contribution >= 4 is 5.91 Å². The van der Waals surface area contributed by atoms with E-state index < -0.39 is 0 Å². The number of nitrogens with one attached hydrogen (secondary N) is 1. The molecular formula is C27H40N2O. The minimum atomic E-state index is 0.290. The van der Waals surface area contributed by atoms with E-state index in [2.05, 4.69) is 49.4 Å². The monoisotopic (exact) mass is 408 g/mol. The first-order valence-corrected chi connectivity index (χ1v) is 12.6. The Morgan fingerprint density at radius 1 is 1.10 bits per heavy atom. The summed E-state index contributed by atoms with van der Waals surface area (Å²) in [5, 5.41) is 3.38. The van der Waals surface area contributed by atoms with E-state index in [1.165, 1.54) is 56.9 Å². The van der Waals surface area contributed by atoms with Crippen molar-refractivity contribution in [1.82, 2.24) is 10.3 Å². The van der Waals surface area contributed by atoms with E-state index in [1.54, 1.807) is 0 Å². The zero-order valence-corrected chi connectivity index (χ0v) is 19.2. The number of carbonyl (C=O) groups excluding carboxylic acids is 1. The van der Waals surface area contributed by atoms with E-state index >= 15 is 0 Å². The van der Waals surface area contributed by atoms with E-state index in [0.717, 1.165) is 42.4 Å². The van der Waals surface area contributed by atoms with E-state index in [4.69, 9.17) is 0 Å². The molecule has 1 saturated heterocycles. The molecule has 0 aromatic carbocycles. The van der Waals surface area contributed by atoms with Crippen molar-refractivity contribution in [3.63, 3.8) is 0 Å². The quantitative estimate of drug-likeness (QED) is 0.685. The van der Waals surface area contributed by atoms with Crippen molar-refractivity contribution in [2.45, 2.75) is 91.0 Å². The molecule has 4 aliphatic rings. The molecule has 1 aromatic rings. The largest absolute Gasteiger partial charge is 0.353 e. The summed E-state index contributed by atoms with van der Waals surface area (Å²) in [6, 6.07) is 4.78. The van der Waals surface area contributed by atoms with Gasteiger partial charge in [-0.2, -0.15) is 0 Å². The number of pyridine rings is 1. The highest BCUT2D eigenvalue weighted by atomic mass is 16.1. The third-order valence-electron chi connectivity index (χ3n) is 10.5. The van der Waals surface area contributed by atoms with Gasteiger partial charge in [-0.05, 0) is 103 Å². The SMILES string of the molecule is CCC(Cc1cccnc1)[C@H]1CC[C@H]2[C@@H]3CCC4NC(=O)CC[C@]4(C)[C@H]3CC[C@]12C. The van der Waals surface area contributed by atoms with E-state index in [0.29, 0.717) is 22.8 Å². The summed E-state index contributed by atoms with van der Waals surface area (Å²) in [5.74, 6) is 4.50. The molecule has 5 rings (SSSR count). The van der Waals surface area contributed by atoms with Crippen LogP contribution in [0.3, 0.4) is 0 Å². The van der Waals surface area contributed by atoms with Crippen LogP contribution in [0.2, 0.25) is 0 Å². The Morgan fingerprint density at radius 3 is 2.70 bits per heavy atom.